The highest BCUT2D eigenvalue weighted by Gasteiger charge is 2.24. The topological polar surface area (TPSA) is 49.9 Å². The summed E-state index contributed by atoms with van der Waals surface area (Å²) >= 11 is 1.65. The molecule has 5 nitrogen and oxygen atoms in total. The van der Waals surface area contributed by atoms with E-state index in [1.807, 2.05) is 15.2 Å². The molecule has 0 spiro atoms. The minimum atomic E-state index is 0.00743. The Hall–Kier alpha value is -2.34. The van der Waals surface area contributed by atoms with E-state index in [1.54, 1.807) is 42.7 Å². The van der Waals surface area contributed by atoms with Gasteiger partial charge in [-0.2, -0.15) is 11.3 Å². The van der Waals surface area contributed by atoms with Crippen LogP contribution in [0.3, 0.4) is 0 Å². The number of benzene rings is 1. The number of nitrogens with zero attached hydrogens (tertiary/aromatic N) is 2. The Kier molecular flexibility index (Phi) is 5.71. The van der Waals surface area contributed by atoms with Crippen molar-refractivity contribution in [1.29, 1.82) is 0 Å². The lowest BCUT2D eigenvalue weighted by Crippen LogP contribution is -2.50. The van der Waals surface area contributed by atoms with Gasteiger partial charge in [-0.05, 0) is 53.1 Å². The predicted octanol–water partition coefficient (Wildman–Crippen LogP) is 2.67. The maximum Gasteiger partial charge on any atom is 0.253 e. The molecule has 0 unspecified atom stereocenters. The summed E-state index contributed by atoms with van der Waals surface area (Å²) in [4.78, 5) is 28.5. The molecule has 1 fully saturated rings. The molecule has 1 aliphatic heterocycles. The van der Waals surface area contributed by atoms with Crippen LogP contribution in [0.1, 0.15) is 22.3 Å². The van der Waals surface area contributed by atoms with Gasteiger partial charge in [0.25, 0.3) is 5.91 Å². The second-order valence-corrected chi connectivity index (χ2v) is 6.81. The van der Waals surface area contributed by atoms with Crippen molar-refractivity contribution in [2.24, 2.45) is 0 Å². The molecular weight excluding hydrogens is 336 g/mol. The molecule has 6 heteroatoms. The van der Waals surface area contributed by atoms with Gasteiger partial charge in [0.05, 0.1) is 7.11 Å². The Balaban J connectivity index is 1.48. The van der Waals surface area contributed by atoms with Crippen LogP contribution in [0.4, 0.5) is 0 Å². The fourth-order valence-electron chi connectivity index (χ4n) is 2.92. The van der Waals surface area contributed by atoms with Crippen LogP contribution in [0.2, 0.25) is 0 Å². The highest BCUT2D eigenvalue weighted by molar-refractivity contribution is 7.07. The van der Waals surface area contributed by atoms with Crippen molar-refractivity contribution in [2.45, 2.75) is 12.8 Å². The van der Waals surface area contributed by atoms with Crippen LogP contribution in [-0.4, -0.2) is 54.9 Å². The first-order valence-electron chi connectivity index (χ1n) is 8.39. The number of hydrogen-bond acceptors (Lipinski definition) is 4. The number of ether oxygens (including phenoxy) is 1. The molecule has 0 bridgehead atoms. The van der Waals surface area contributed by atoms with Crippen molar-refractivity contribution in [1.82, 2.24) is 9.80 Å². The molecule has 2 aromatic rings. The quantitative estimate of drug-likeness (QED) is 0.826. The van der Waals surface area contributed by atoms with Crippen LogP contribution in [-0.2, 0) is 11.2 Å². The van der Waals surface area contributed by atoms with E-state index in [0.29, 0.717) is 38.2 Å². The van der Waals surface area contributed by atoms with Gasteiger partial charge < -0.3 is 14.5 Å². The molecule has 1 aliphatic rings. The van der Waals surface area contributed by atoms with Crippen LogP contribution in [0.5, 0.6) is 5.75 Å². The summed E-state index contributed by atoms with van der Waals surface area (Å²) in [6.07, 6.45) is 1.32. The first kappa shape index (κ1) is 17.5. The lowest BCUT2D eigenvalue weighted by Gasteiger charge is -2.35. The van der Waals surface area contributed by atoms with Crippen LogP contribution in [0.25, 0.3) is 0 Å². The molecule has 25 heavy (non-hydrogen) atoms. The second-order valence-electron chi connectivity index (χ2n) is 6.03. The van der Waals surface area contributed by atoms with E-state index in [-0.39, 0.29) is 11.8 Å². The molecule has 3 rings (SSSR count). The van der Waals surface area contributed by atoms with E-state index in [0.717, 1.165) is 12.2 Å². The largest absolute Gasteiger partial charge is 0.497 e. The highest BCUT2D eigenvalue weighted by atomic mass is 32.1. The third-order valence-corrected chi connectivity index (χ3v) is 5.20. The van der Waals surface area contributed by atoms with E-state index < -0.39 is 0 Å². The molecule has 0 N–H and O–H groups in total. The van der Waals surface area contributed by atoms with Crippen molar-refractivity contribution in [3.05, 3.63) is 52.2 Å². The minimum Gasteiger partial charge on any atom is -0.497 e. The number of thiophene rings is 1. The molecule has 0 atom stereocenters. The number of aryl methyl sites for hydroxylation is 1. The fraction of sp³-hybridized carbons (Fsp3) is 0.368. The summed E-state index contributed by atoms with van der Waals surface area (Å²) < 4.78 is 5.12. The van der Waals surface area contributed by atoms with Gasteiger partial charge in [0, 0.05) is 38.2 Å². The summed E-state index contributed by atoms with van der Waals surface area (Å²) in [6, 6.07) is 9.19. The predicted molar refractivity (Wildman–Crippen MR) is 98.1 cm³/mol. The third-order valence-electron chi connectivity index (χ3n) is 4.46. The number of piperazine rings is 1. The molecule has 1 aromatic heterocycles. The molecule has 132 valence electrons. The van der Waals surface area contributed by atoms with Gasteiger partial charge in [0.15, 0.2) is 0 Å². The first-order chi connectivity index (χ1) is 12.2. The van der Waals surface area contributed by atoms with Gasteiger partial charge >= 0.3 is 0 Å². The smallest absolute Gasteiger partial charge is 0.253 e. The van der Waals surface area contributed by atoms with Crippen LogP contribution in [0, 0.1) is 0 Å². The Labute approximate surface area is 151 Å². The first-order valence-corrected chi connectivity index (χ1v) is 9.34. The molecule has 0 radical (unpaired) electrons. The maximum absolute atomic E-state index is 12.5. The van der Waals surface area contributed by atoms with E-state index in [1.165, 1.54) is 5.56 Å². The fourth-order valence-corrected chi connectivity index (χ4v) is 3.62. The van der Waals surface area contributed by atoms with Crippen molar-refractivity contribution in [3.63, 3.8) is 0 Å². The van der Waals surface area contributed by atoms with Crippen molar-refractivity contribution >= 4 is 23.2 Å². The van der Waals surface area contributed by atoms with Gasteiger partial charge in [-0.15, -0.1) is 0 Å². The maximum atomic E-state index is 12.5. The Morgan fingerprint density at radius 2 is 1.72 bits per heavy atom. The molecular formula is C19H22N2O3S. The zero-order valence-corrected chi connectivity index (χ0v) is 15.1. The number of hydrogen-bond donors (Lipinski definition) is 0. The Morgan fingerprint density at radius 1 is 1.04 bits per heavy atom. The SMILES string of the molecule is COc1ccc(C(=O)N2CCN(C(=O)CCc3ccsc3)CC2)cc1. The Morgan fingerprint density at radius 3 is 2.32 bits per heavy atom. The summed E-state index contributed by atoms with van der Waals surface area (Å²) in [6.45, 7) is 2.36. The average Bonchev–Trinajstić information content (AvgIpc) is 3.19. The van der Waals surface area contributed by atoms with Gasteiger partial charge in [-0.1, -0.05) is 0 Å². The van der Waals surface area contributed by atoms with E-state index in [2.05, 4.69) is 11.4 Å². The molecule has 0 saturated carbocycles. The van der Waals surface area contributed by atoms with Gasteiger partial charge in [-0.25, -0.2) is 0 Å². The third kappa shape index (κ3) is 4.39. The van der Waals surface area contributed by atoms with E-state index >= 15 is 0 Å². The molecule has 1 aromatic carbocycles. The summed E-state index contributed by atoms with van der Waals surface area (Å²) in [5, 5.41) is 4.11. The van der Waals surface area contributed by atoms with Gasteiger partial charge in [0.1, 0.15) is 5.75 Å². The summed E-state index contributed by atoms with van der Waals surface area (Å²) in [5.74, 6) is 0.911. The Bertz CT molecular complexity index is 705. The summed E-state index contributed by atoms with van der Waals surface area (Å²) in [7, 11) is 1.60. The molecule has 2 amide bonds. The summed E-state index contributed by atoms with van der Waals surface area (Å²) in [5.41, 5.74) is 1.87. The van der Waals surface area contributed by atoms with E-state index in [9.17, 15) is 9.59 Å². The lowest BCUT2D eigenvalue weighted by atomic mass is 10.1. The molecule has 1 saturated heterocycles. The highest BCUT2D eigenvalue weighted by Crippen LogP contribution is 2.15. The zero-order valence-electron chi connectivity index (χ0n) is 14.3. The van der Waals surface area contributed by atoms with E-state index in [4.69, 9.17) is 4.74 Å². The van der Waals surface area contributed by atoms with Crippen molar-refractivity contribution < 1.29 is 14.3 Å². The minimum absolute atomic E-state index is 0.00743. The van der Waals surface area contributed by atoms with Gasteiger partial charge in [0.2, 0.25) is 5.91 Å². The number of carbonyl (C=O) groups is 2. The average molecular weight is 358 g/mol. The van der Waals surface area contributed by atoms with Gasteiger partial charge in [-0.3, -0.25) is 9.59 Å². The monoisotopic (exact) mass is 358 g/mol. The number of carbonyl (C=O) groups excluding carboxylic acids is 2. The zero-order chi connectivity index (χ0) is 17.6. The number of methoxy groups -OCH3 is 1. The lowest BCUT2D eigenvalue weighted by molar-refractivity contribution is -0.132. The van der Waals surface area contributed by atoms with Crippen molar-refractivity contribution in [2.75, 3.05) is 33.3 Å². The number of amides is 2. The number of rotatable bonds is 5. The second kappa shape index (κ2) is 8.16. The molecule has 2 heterocycles. The van der Waals surface area contributed by atoms with Crippen LogP contribution < -0.4 is 4.74 Å². The molecule has 0 aliphatic carbocycles. The van der Waals surface area contributed by atoms with Crippen LogP contribution >= 0.6 is 11.3 Å². The standard InChI is InChI=1S/C19H22N2O3S/c1-24-17-5-3-16(4-6-17)19(23)21-11-9-20(10-12-21)18(22)7-2-15-8-13-25-14-15/h3-6,8,13-14H,2,7,9-12H2,1H3. The van der Waals surface area contributed by atoms with Crippen LogP contribution in [0.15, 0.2) is 41.1 Å². The normalized spacial score (nSPS) is 14.4. The van der Waals surface area contributed by atoms with Crippen molar-refractivity contribution in [3.8, 4) is 5.75 Å².